The number of rotatable bonds is 5. The van der Waals surface area contributed by atoms with Crippen molar-refractivity contribution in [2.75, 3.05) is 23.3 Å². The van der Waals surface area contributed by atoms with Gasteiger partial charge in [0, 0.05) is 28.9 Å². The van der Waals surface area contributed by atoms with E-state index in [1.165, 1.54) is 38.1 Å². The summed E-state index contributed by atoms with van der Waals surface area (Å²) < 4.78 is 39.0. The lowest BCUT2D eigenvalue weighted by molar-refractivity contribution is -0.117. The summed E-state index contributed by atoms with van der Waals surface area (Å²) in [5.41, 5.74) is 0.923. The number of anilines is 2. The van der Waals surface area contributed by atoms with Crippen molar-refractivity contribution in [1.29, 1.82) is 0 Å². The molecule has 1 heterocycles. The lowest BCUT2D eigenvalue weighted by Crippen LogP contribution is -2.44. The van der Waals surface area contributed by atoms with Gasteiger partial charge >= 0.3 is 0 Å². The van der Waals surface area contributed by atoms with E-state index in [1.807, 2.05) is 4.90 Å². The van der Waals surface area contributed by atoms with E-state index in [4.69, 9.17) is 0 Å². The lowest BCUT2D eigenvalue weighted by atomic mass is 10.1. The fourth-order valence-electron chi connectivity index (χ4n) is 3.12. The molecule has 0 radical (unpaired) electrons. The molecule has 1 aliphatic heterocycles. The summed E-state index contributed by atoms with van der Waals surface area (Å²) in [6, 6.07) is 10.4. The molecule has 5 nitrogen and oxygen atoms in total. The SMILES string of the molecule is CC(C)(C(=O)Nc1cc(F)cc(N2CCCC2)c1)S(=O)(=O)c1ccc(Br)cc1. The van der Waals surface area contributed by atoms with Gasteiger partial charge in [0.05, 0.1) is 4.90 Å². The monoisotopic (exact) mass is 468 g/mol. The van der Waals surface area contributed by atoms with Crippen LogP contribution >= 0.6 is 15.9 Å². The van der Waals surface area contributed by atoms with Crippen LogP contribution in [0.1, 0.15) is 26.7 Å². The van der Waals surface area contributed by atoms with Crippen molar-refractivity contribution in [3.8, 4) is 0 Å². The maximum Gasteiger partial charge on any atom is 0.245 e. The third-order valence-electron chi connectivity index (χ3n) is 4.95. The second kappa shape index (κ2) is 7.83. The van der Waals surface area contributed by atoms with Crippen LogP contribution in [0.2, 0.25) is 0 Å². The van der Waals surface area contributed by atoms with Crippen LogP contribution in [0.3, 0.4) is 0 Å². The quantitative estimate of drug-likeness (QED) is 0.706. The Morgan fingerprint density at radius 1 is 1.11 bits per heavy atom. The highest BCUT2D eigenvalue weighted by atomic mass is 79.9. The van der Waals surface area contributed by atoms with Crippen molar-refractivity contribution in [3.05, 3.63) is 52.8 Å². The first-order chi connectivity index (χ1) is 13.1. The molecule has 0 bridgehead atoms. The molecule has 2 aromatic rings. The maximum absolute atomic E-state index is 14.1. The van der Waals surface area contributed by atoms with Gasteiger partial charge in [-0.1, -0.05) is 15.9 Å². The van der Waals surface area contributed by atoms with E-state index in [0.29, 0.717) is 5.69 Å². The van der Waals surface area contributed by atoms with Gasteiger partial charge in [0.1, 0.15) is 10.6 Å². The van der Waals surface area contributed by atoms with E-state index >= 15 is 0 Å². The van der Waals surface area contributed by atoms with Crippen molar-refractivity contribution in [2.45, 2.75) is 36.3 Å². The van der Waals surface area contributed by atoms with Crippen molar-refractivity contribution >= 4 is 43.0 Å². The molecule has 0 atom stereocenters. The molecule has 1 N–H and O–H groups in total. The number of amides is 1. The molecule has 1 fully saturated rings. The molecule has 0 aromatic heterocycles. The van der Waals surface area contributed by atoms with Crippen LogP contribution in [-0.2, 0) is 14.6 Å². The first-order valence-electron chi connectivity index (χ1n) is 8.98. The minimum Gasteiger partial charge on any atom is -0.371 e. The van der Waals surface area contributed by atoms with Gasteiger partial charge in [-0.05, 0) is 69.2 Å². The lowest BCUT2D eigenvalue weighted by Gasteiger charge is -2.25. The molecule has 1 saturated heterocycles. The summed E-state index contributed by atoms with van der Waals surface area (Å²) >= 11 is 3.26. The summed E-state index contributed by atoms with van der Waals surface area (Å²) in [5, 5.41) is 2.58. The number of carbonyl (C=O) groups excluding carboxylic acids is 1. The molecule has 8 heteroatoms. The number of hydrogen-bond donors (Lipinski definition) is 1. The largest absolute Gasteiger partial charge is 0.371 e. The van der Waals surface area contributed by atoms with Gasteiger partial charge in [-0.3, -0.25) is 4.79 Å². The fourth-order valence-corrected chi connectivity index (χ4v) is 4.76. The topological polar surface area (TPSA) is 66.5 Å². The Labute approximate surface area is 173 Å². The zero-order valence-electron chi connectivity index (χ0n) is 15.7. The molecule has 28 heavy (non-hydrogen) atoms. The Morgan fingerprint density at radius 2 is 1.71 bits per heavy atom. The summed E-state index contributed by atoms with van der Waals surface area (Å²) in [4.78, 5) is 14.9. The first-order valence-corrected chi connectivity index (χ1v) is 11.3. The highest BCUT2D eigenvalue weighted by Gasteiger charge is 2.43. The van der Waals surface area contributed by atoms with Crippen LogP contribution in [0.5, 0.6) is 0 Å². The van der Waals surface area contributed by atoms with Gasteiger partial charge in [-0.25, -0.2) is 12.8 Å². The van der Waals surface area contributed by atoms with Gasteiger partial charge in [0.2, 0.25) is 5.91 Å². The number of carbonyl (C=O) groups is 1. The predicted octanol–water partition coefficient (Wildman–Crippen LogP) is 4.38. The van der Waals surface area contributed by atoms with Gasteiger partial charge in [0.15, 0.2) is 9.84 Å². The van der Waals surface area contributed by atoms with Gasteiger partial charge in [0.25, 0.3) is 0 Å². The third-order valence-corrected chi connectivity index (χ3v) is 7.90. The number of hydrogen-bond acceptors (Lipinski definition) is 4. The molecule has 0 unspecified atom stereocenters. The first kappa shape index (κ1) is 20.8. The van der Waals surface area contributed by atoms with Crippen molar-refractivity contribution in [1.82, 2.24) is 0 Å². The molecule has 0 saturated carbocycles. The zero-order valence-corrected chi connectivity index (χ0v) is 18.1. The molecule has 1 amide bonds. The molecular weight excluding hydrogens is 447 g/mol. The zero-order chi connectivity index (χ0) is 20.5. The Hall–Kier alpha value is -1.93. The highest BCUT2D eigenvalue weighted by molar-refractivity contribution is 9.10. The average Bonchev–Trinajstić information content (AvgIpc) is 3.16. The van der Waals surface area contributed by atoms with Crippen LogP contribution in [-0.4, -0.2) is 32.2 Å². The Kier molecular flexibility index (Phi) is 5.82. The smallest absolute Gasteiger partial charge is 0.245 e. The predicted molar refractivity (Wildman–Crippen MR) is 112 cm³/mol. The molecular formula is C20H22BrFN2O3S. The van der Waals surface area contributed by atoms with Crippen molar-refractivity contribution in [3.63, 3.8) is 0 Å². The second-order valence-corrected chi connectivity index (χ2v) is 10.7. The Balaban J connectivity index is 1.86. The molecule has 0 aliphatic carbocycles. The van der Waals surface area contributed by atoms with Gasteiger partial charge in [-0.15, -0.1) is 0 Å². The van der Waals surface area contributed by atoms with E-state index in [2.05, 4.69) is 21.2 Å². The number of sulfone groups is 1. The minimum atomic E-state index is -3.95. The number of benzene rings is 2. The molecule has 3 rings (SSSR count). The normalized spacial score (nSPS) is 14.9. The van der Waals surface area contributed by atoms with Crippen LogP contribution in [0.4, 0.5) is 15.8 Å². The van der Waals surface area contributed by atoms with E-state index in [0.717, 1.165) is 30.4 Å². The van der Waals surface area contributed by atoms with Crippen LogP contribution in [0.25, 0.3) is 0 Å². The van der Waals surface area contributed by atoms with E-state index < -0.39 is 26.3 Å². The molecule has 0 spiro atoms. The Bertz CT molecular complexity index is 985. The van der Waals surface area contributed by atoms with Gasteiger partial charge < -0.3 is 10.2 Å². The van der Waals surface area contributed by atoms with E-state index in [-0.39, 0.29) is 10.6 Å². The van der Waals surface area contributed by atoms with Gasteiger partial charge in [-0.2, -0.15) is 0 Å². The molecule has 2 aromatic carbocycles. The summed E-state index contributed by atoms with van der Waals surface area (Å²) in [7, 11) is -3.95. The average molecular weight is 469 g/mol. The van der Waals surface area contributed by atoms with Crippen molar-refractivity contribution < 1.29 is 17.6 Å². The minimum absolute atomic E-state index is 0.0489. The van der Waals surface area contributed by atoms with E-state index in [1.54, 1.807) is 18.2 Å². The number of halogens is 2. The maximum atomic E-state index is 14.1. The third kappa shape index (κ3) is 4.07. The summed E-state index contributed by atoms with van der Waals surface area (Å²) in [5.74, 6) is -1.19. The number of nitrogens with one attached hydrogen (secondary N) is 1. The number of nitrogens with zero attached hydrogens (tertiary/aromatic N) is 1. The fraction of sp³-hybridized carbons (Fsp3) is 0.350. The van der Waals surface area contributed by atoms with Crippen LogP contribution in [0, 0.1) is 5.82 Å². The second-order valence-electron chi connectivity index (χ2n) is 7.31. The van der Waals surface area contributed by atoms with E-state index in [9.17, 15) is 17.6 Å². The highest BCUT2D eigenvalue weighted by Crippen LogP contribution is 2.30. The van der Waals surface area contributed by atoms with Crippen LogP contribution < -0.4 is 10.2 Å². The molecule has 150 valence electrons. The van der Waals surface area contributed by atoms with Crippen molar-refractivity contribution in [2.24, 2.45) is 0 Å². The van der Waals surface area contributed by atoms with Crippen LogP contribution in [0.15, 0.2) is 51.8 Å². The summed E-state index contributed by atoms with van der Waals surface area (Å²) in [6.45, 7) is 4.36. The molecule has 1 aliphatic rings. The standard InChI is InChI=1S/C20H22BrFN2O3S/c1-20(2,28(26,27)18-7-5-14(21)6-8-18)19(25)23-16-11-15(22)12-17(13-16)24-9-3-4-10-24/h5-8,11-13H,3-4,9-10H2,1-2H3,(H,23,25). The summed E-state index contributed by atoms with van der Waals surface area (Å²) in [6.07, 6.45) is 2.08. The Morgan fingerprint density at radius 3 is 2.32 bits per heavy atom.